The zero-order chi connectivity index (χ0) is 28.4. The third kappa shape index (κ3) is 8.49. The molecule has 3 rings (SSSR count). The summed E-state index contributed by atoms with van der Waals surface area (Å²) in [7, 11) is -0.810. The number of nitrogen functional groups attached to an aromatic ring is 1. The van der Waals surface area contributed by atoms with Gasteiger partial charge in [-0.1, -0.05) is 44.0 Å². The van der Waals surface area contributed by atoms with Gasteiger partial charge in [-0.2, -0.15) is 9.29 Å². The van der Waals surface area contributed by atoms with E-state index in [1.165, 1.54) is 23.9 Å². The molecule has 0 aliphatic heterocycles. The molecule has 0 fully saturated rings. The second kappa shape index (κ2) is 14.0. The number of nitrogens with zero attached hydrogens (tertiary/aromatic N) is 5. The number of benzene rings is 1. The van der Waals surface area contributed by atoms with E-state index in [2.05, 4.69) is 27.2 Å². The monoisotopic (exact) mass is 557 g/mol. The van der Waals surface area contributed by atoms with E-state index in [0.29, 0.717) is 18.7 Å². The Balaban J connectivity index is 1.81. The van der Waals surface area contributed by atoms with Crippen LogP contribution >= 0.6 is 0 Å². The minimum atomic E-state index is -3.88. The molecular weight excluding hydrogens is 518 g/mol. The molecule has 11 nitrogen and oxygen atoms in total. The van der Waals surface area contributed by atoms with Gasteiger partial charge in [-0.15, -0.1) is 0 Å². The van der Waals surface area contributed by atoms with Gasteiger partial charge in [0.2, 0.25) is 5.95 Å². The molecule has 0 aliphatic carbocycles. The molecule has 2 heterocycles. The van der Waals surface area contributed by atoms with Gasteiger partial charge in [0, 0.05) is 44.1 Å². The van der Waals surface area contributed by atoms with Crippen LogP contribution < -0.4 is 11.1 Å². The summed E-state index contributed by atoms with van der Waals surface area (Å²) < 4.78 is 35.0. The standard InChI is InChI=1S/C27H39N7O4S/c1-5-6-7-13-29-26-23(20(2)31-27(28)32-26)12-9-14-34(39(36,37)24-18-33(3)19-30-24)17-22-11-8-10-21(15-22)16-25(35)38-4/h8,10-11,15,18-19H,5-7,9,12-14,16-17H2,1-4H3,(H3,28,29,31,32). The maximum Gasteiger partial charge on any atom is 0.309 e. The maximum atomic E-state index is 13.6. The minimum absolute atomic E-state index is 0.0130. The summed E-state index contributed by atoms with van der Waals surface area (Å²) in [6.45, 7) is 5.20. The number of unbranched alkanes of at least 4 members (excludes halogenated alkanes) is 2. The van der Waals surface area contributed by atoms with Crippen molar-refractivity contribution in [3.05, 3.63) is 59.2 Å². The molecule has 2 aromatic heterocycles. The van der Waals surface area contributed by atoms with Gasteiger partial charge in [0.05, 0.1) is 19.9 Å². The number of carbonyl (C=O) groups is 1. The number of esters is 1. The lowest BCUT2D eigenvalue weighted by Crippen LogP contribution is -2.32. The fourth-order valence-corrected chi connectivity index (χ4v) is 5.73. The summed E-state index contributed by atoms with van der Waals surface area (Å²) in [6, 6.07) is 7.30. The molecule has 0 aliphatic rings. The number of aryl methyl sites for hydroxylation is 2. The van der Waals surface area contributed by atoms with E-state index >= 15 is 0 Å². The Bertz CT molecular complexity index is 1360. The molecule has 0 saturated heterocycles. The third-order valence-electron chi connectivity index (χ3n) is 6.35. The minimum Gasteiger partial charge on any atom is -0.469 e. The van der Waals surface area contributed by atoms with Gasteiger partial charge in [0.25, 0.3) is 10.0 Å². The average Bonchev–Trinajstić information content (AvgIpc) is 3.34. The molecule has 0 saturated carbocycles. The van der Waals surface area contributed by atoms with Crippen LogP contribution in [0.25, 0.3) is 0 Å². The molecule has 0 atom stereocenters. The molecule has 3 N–H and O–H groups in total. The number of hydrogen-bond acceptors (Lipinski definition) is 9. The number of imidazole rings is 1. The molecule has 0 bridgehead atoms. The molecule has 1 aromatic carbocycles. The predicted molar refractivity (Wildman–Crippen MR) is 150 cm³/mol. The summed E-state index contributed by atoms with van der Waals surface area (Å²) in [6.07, 6.45) is 7.42. The van der Waals surface area contributed by atoms with Gasteiger partial charge in [-0.3, -0.25) is 4.79 Å². The quantitative estimate of drug-likeness (QED) is 0.212. The highest BCUT2D eigenvalue weighted by molar-refractivity contribution is 7.89. The van der Waals surface area contributed by atoms with E-state index < -0.39 is 10.0 Å². The highest BCUT2D eigenvalue weighted by Crippen LogP contribution is 2.22. The maximum absolute atomic E-state index is 13.6. The van der Waals surface area contributed by atoms with Crippen LogP contribution in [0.1, 0.15) is 55.0 Å². The van der Waals surface area contributed by atoms with Crippen molar-refractivity contribution in [3.63, 3.8) is 0 Å². The summed E-state index contributed by atoms with van der Waals surface area (Å²) >= 11 is 0. The zero-order valence-electron chi connectivity index (χ0n) is 23.2. The summed E-state index contributed by atoms with van der Waals surface area (Å²) in [4.78, 5) is 24.6. The Hall–Kier alpha value is -3.51. The molecule has 0 amide bonds. The van der Waals surface area contributed by atoms with Gasteiger partial charge in [0.1, 0.15) is 5.82 Å². The second-order valence-electron chi connectivity index (χ2n) is 9.52. The molecule has 212 valence electrons. The van der Waals surface area contributed by atoms with Gasteiger partial charge in [-0.05, 0) is 37.3 Å². The highest BCUT2D eigenvalue weighted by Gasteiger charge is 2.27. The van der Waals surface area contributed by atoms with E-state index in [4.69, 9.17) is 10.5 Å². The lowest BCUT2D eigenvalue weighted by molar-refractivity contribution is -0.139. The number of methoxy groups -OCH3 is 1. The molecule has 3 aromatic rings. The van der Waals surface area contributed by atoms with E-state index in [-0.39, 0.29) is 36.5 Å². The highest BCUT2D eigenvalue weighted by atomic mass is 32.2. The van der Waals surface area contributed by atoms with Crippen LogP contribution in [-0.4, -0.2) is 58.4 Å². The van der Waals surface area contributed by atoms with E-state index in [0.717, 1.165) is 48.2 Å². The average molecular weight is 558 g/mol. The van der Waals surface area contributed by atoms with Gasteiger partial charge in [-0.25, -0.2) is 18.4 Å². The van der Waals surface area contributed by atoms with E-state index in [1.807, 2.05) is 31.2 Å². The van der Waals surface area contributed by atoms with Gasteiger partial charge >= 0.3 is 5.97 Å². The van der Waals surface area contributed by atoms with Crippen LogP contribution in [0.5, 0.6) is 0 Å². The van der Waals surface area contributed by atoms with Crippen LogP contribution in [-0.2, 0) is 46.0 Å². The first-order chi connectivity index (χ1) is 18.6. The van der Waals surface area contributed by atoms with Crippen molar-refractivity contribution >= 4 is 27.8 Å². The van der Waals surface area contributed by atoms with Crippen LogP contribution in [0.3, 0.4) is 0 Å². The van der Waals surface area contributed by atoms with E-state index in [9.17, 15) is 13.2 Å². The Morgan fingerprint density at radius 2 is 1.95 bits per heavy atom. The SMILES string of the molecule is CCCCCNc1nc(N)nc(C)c1CCCN(Cc1cccc(CC(=O)OC)c1)S(=O)(=O)c1cn(C)cn1. The number of hydrogen-bond donors (Lipinski definition) is 2. The predicted octanol–water partition coefficient (Wildman–Crippen LogP) is 3.24. The van der Waals surface area contributed by atoms with Crippen molar-refractivity contribution in [2.24, 2.45) is 7.05 Å². The molecule has 39 heavy (non-hydrogen) atoms. The first-order valence-electron chi connectivity index (χ1n) is 13.1. The van der Waals surface area contributed by atoms with Gasteiger partial charge < -0.3 is 20.4 Å². The van der Waals surface area contributed by atoms with Crippen molar-refractivity contribution in [1.29, 1.82) is 0 Å². The number of nitrogens with one attached hydrogen (secondary N) is 1. The van der Waals surface area contributed by atoms with Crippen molar-refractivity contribution in [1.82, 2.24) is 23.8 Å². The van der Waals surface area contributed by atoms with Crippen molar-refractivity contribution in [2.75, 3.05) is 31.2 Å². The molecular formula is C27H39N7O4S. The Morgan fingerprint density at radius 1 is 1.18 bits per heavy atom. The first kappa shape index (κ1) is 30.0. The van der Waals surface area contributed by atoms with E-state index in [1.54, 1.807) is 11.6 Å². The van der Waals surface area contributed by atoms with Crippen molar-refractivity contribution in [3.8, 4) is 0 Å². The largest absolute Gasteiger partial charge is 0.469 e. The fourth-order valence-electron chi connectivity index (χ4n) is 4.30. The fraction of sp³-hybridized carbons (Fsp3) is 0.481. The van der Waals surface area contributed by atoms with Crippen molar-refractivity contribution < 1.29 is 17.9 Å². The Kier molecular flexibility index (Phi) is 10.8. The summed E-state index contributed by atoms with van der Waals surface area (Å²) in [5.74, 6) is 0.552. The van der Waals surface area contributed by atoms with Crippen LogP contribution in [0.2, 0.25) is 0 Å². The molecule has 12 heteroatoms. The number of sulfonamides is 1. The molecule has 0 unspecified atom stereocenters. The number of ether oxygens (including phenoxy) is 1. The number of rotatable bonds is 15. The number of aromatic nitrogens is 4. The summed E-state index contributed by atoms with van der Waals surface area (Å²) in [5.41, 5.74) is 9.13. The van der Waals surface area contributed by atoms with Crippen molar-refractivity contribution in [2.45, 2.75) is 63.9 Å². The smallest absolute Gasteiger partial charge is 0.309 e. The zero-order valence-corrected chi connectivity index (χ0v) is 24.0. The lowest BCUT2D eigenvalue weighted by atomic mass is 10.1. The topological polar surface area (TPSA) is 145 Å². The normalized spacial score (nSPS) is 11.6. The van der Waals surface area contributed by atoms with Crippen LogP contribution in [0, 0.1) is 6.92 Å². The van der Waals surface area contributed by atoms with Gasteiger partial charge in [0.15, 0.2) is 5.03 Å². The molecule has 0 spiro atoms. The number of anilines is 2. The Labute approximate surface area is 230 Å². The Morgan fingerprint density at radius 3 is 2.64 bits per heavy atom. The van der Waals surface area contributed by atoms with Crippen LogP contribution in [0.15, 0.2) is 41.8 Å². The third-order valence-corrected chi connectivity index (χ3v) is 8.08. The summed E-state index contributed by atoms with van der Waals surface area (Å²) in [5, 5.41) is 3.37. The molecule has 0 radical (unpaired) electrons. The number of nitrogens with two attached hydrogens (primary N) is 1. The van der Waals surface area contributed by atoms with Crippen LogP contribution in [0.4, 0.5) is 11.8 Å². The number of carbonyl (C=O) groups excluding carboxylic acids is 1. The lowest BCUT2D eigenvalue weighted by Gasteiger charge is -2.22. The second-order valence-corrected chi connectivity index (χ2v) is 11.4. The first-order valence-corrected chi connectivity index (χ1v) is 14.6.